The van der Waals surface area contributed by atoms with Crippen molar-refractivity contribution in [3.05, 3.63) is 28.2 Å². The van der Waals surface area contributed by atoms with Gasteiger partial charge in [-0.25, -0.2) is 0 Å². The third-order valence-corrected chi connectivity index (χ3v) is 3.46. The molecule has 0 aliphatic carbocycles. The minimum absolute atomic E-state index is 0.0890. The van der Waals surface area contributed by atoms with Crippen molar-refractivity contribution < 1.29 is 19.4 Å². The SMILES string of the molecule is CC(C)N(CC(=O)O)C(=O)CCOc1ccc(Cl)c(Cl)c1. The van der Waals surface area contributed by atoms with Crippen molar-refractivity contribution in [3.8, 4) is 5.75 Å². The molecular weight excluding hydrogens is 317 g/mol. The first-order chi connectivity index (χ1) is 9.81. The van der Waals surface area contributed by atoms with Crippen molar-refractivity contribution >= 4 is 35.1 Å². The van der Waals surface area contributed by atoms with Gasteiger partial charge < -0.3 is 14.7 Å². The summed E-state index contributed by atoms with van der Waals surface area (Å²) < 4.78 is 5.41. The third kappa shape index (κ3) is 5.81. The fourth-order valence-corrected chi connectivity index (χ4v) is 1.96. The standard InChI is InChI=1S/C14H17Cl2NO4/c1-9(2)17(8-14(19)20)13(18)5-6-21-10-3-4-11(15)12(16)7-10/h3-4,7,9H,5-6,8H2,1-2H3,(H,19,20). The van der Waals surface area contributed by atoms with Gasteiger partial charge in [-0.05, 0) is 26.0 Å². The number of hydrogen-bond acceptors (Lipinski definition) is 3. The van der Waals surface area contributed by atoms with E-state index in [1.807, 2.05) is 0 Å². The highest BCUT2D eigenvalue weighted by Crippen LogP contribution is 2.26. The molecule has 0 heterocycles. The Kier molecular flexibility index (Phi) is 6.78. The molecule has 0 aliphatic heterocycles. The van der Waals surface area contributed by atoms with E-state index in [0.29, 0.717) is 15.8 Å². The van der Waals surface area contributed by atoms with E-state index >= 15 is 0 Å². The van der Waals surface area contributed by atoms with Crippen LogP contribution in [0.15, 0.2) is 18.2 Å². The number of carboxylic acid groups (broad SMARTS) is 1. The lowest BCUT2D eigenvalue weighted by Crippen LogP contribution is -2.41. The van der Waals surface area contributed by atoms with Gasteiger partial charge in [0.25, 0.3) is 0 Å². The second kappa shape index (κ2) is 8.10. The summed E-state index contributed by atoms with van der Waals surface area (Å²) in [6.45, 7) is 3.35. The summed E-state index contributed by atoms with van der Waals surface area (Å²) >= 11 is 11.6. The van der Waals surface area contributed by atoms with Crippen LogP contribution >= 0.6 is 23.2 Å². The Bertz CT molecular complexity index is 520. The average molecular weight is 334 g/mol. The molecule has 0 saturated carbocycles. The summed E-state index contributed by atoms with van der Waals surface area (Å²) in [6, 6.07) is 4.63. The van der Waals surface area contributed by atoms with Crippen molar-refractivity contribution in [1.29, 1.82) is 0 Å². The quantitative estimate of drug-likeness (QED) is 0.832. The molecule has 0 aromatic heterocycles. The lowest BCUT2D eigenvalue weighted by atomic mass is 10.2. The van der Waals surface area contributed by atoms with Crippen LogP contribution < -0.4 is 4.74 Å². The van der Waals surface area contributed by atoms with Crippen LogP contribution in [-0.4, -0.2) is 41.1 Å². The average Bonchev–Trinajstić information content (AvgIpc) is 2.39. The van der Waals surface area contributed by atoms with Crippen LogP contribution in [-0.2, 0) is 9.59 Å². The number of amides is 1. The van der Waals surface area contributed by atoms with Crippen molar-refractivity contribution in [1.82, 2.24) is 4.90 Å². The van der Waals surface area contributed by atoms with E-state index in [1.54, 1.807) is 32.0 Å². The molecule has 0 spiro atoms. The zero-order valence-corrected chi connectivity index (χ0v) is 13.3. The van der Waals surface area contributed by atoms with Crippen LogP contribution in [0.1, 0.15) is 20.3 Å². The topological polar surface area (TPSA) is 66.8 Å². The molecule has 0 bridgehead atoms. The summed E-state index contributed by atoms with van der Waals surface area (Å²) in [5, 5.41) is 9.58. The third-order valence-electron chi connectivity index (χ3n) is 2.73. The molecule has 116 valence electrons. The number of carbonyl (C=O) groups excluding carboxylic acids is 1. The van der Waals surface area contributed by atoms with Crippen molar-refractivity contribution in [2.75, 3.05) is 13.2 Å². The minimum Gasteiger partial charge on any atom is -0.493 e. The first-order valence-corrected chi connectivity index (χ1v) is 7.16. The van der Waals surface area contributed by atoms with Gasteiger partial charge in [-0.2, -0.15) is 0 Å². The second-order valence-corrected chi connectivity index (χ2v) is 5.50. The van der Waals surface area contributed by atoms with Crippen LogP contribution in [0.2, 0.25) is 10.0 Å². The Morgan fingerprint density at radius 3 is 2.48 bits per heavy atom. The fourth-order valence-electron chi connectivity index (χ4n) is 1.67. The maximum absolute atomic E-state index is 12.0. The van der Waals surface area contributed by atoms with Gasteiger partial charge in [-0.1, -0.05) is 23.2 Å². The zero-order valence-electron chi connectivity index (χ0n) is 11.8. The molecule has 1 amide bonds. The molecule has 7 heteroatoms. The van der Waals surface area contributed by atoms with Crippen LogP contribution in [0, 0.1) is 0 Å². The Labute approximate surface area is 133 Å². The molecule has 1 N–H and O–H groups in total. The van der Waals surface area contributed by atoms with Crippen LogP contribution in [0.25, 0.3) is 0 Å². The highest BCUT2D eigenvalue weighted by atomic mass is 35.5. The van der Waals surface area contributed by atoms with Gasteiger partial charge in [0.15, 0.2) is 0 Å². The molecule has 0 atom stereocenters. The van der Waals surface area contributed by atoms with Gasteiger partial charge in [-0.3, -0.25) is 9.59 Å². The van der Waals surface area contributed by atoms with E-state index in [9.17, 15) is 9.59 Å². The molecule has 1 aromatic rings. The molecular formula is C14H17Cl2NO4. The number of carbonyl (C=O) groups is 2. The van der Waals surface area contributed by atoms with Crippen molar-refractivity contribution in [3.63, 3.8) is 0 Å². The molecule has 0 radical (unpaired) electrons. The molecule has 0 fully saturated rings. The van der Waals surface area contributed by atoms with Gasteiger partial charge in [0.05, 0.1) is 23.1 Å². The first kappa shape index (κ1) is 17.6. The van der Waals surface area contributed by atoms with Crippen LogP contribution in [0.3, 0.4) is 0 Å². The summed E-state index contributed by atoms with van der Waals surface area (Å²) in [4.78, 5) is 24.0. The lowest BCUT2D eigenvalue weighted by molar-refractivity contribution is -0.146. The van der Waals surface area contributed by atoms with Gasteiger partial charge in [0, 0.05) is 12.1 Å². The maximum atomic E-state index is 12.0. The highest BCUT2D eigenvalue weighted by molar-refractivity contribution is 6.42. The molecule has 1 rings (SSSR count). The van der Waals surface area contributed by atoms with E-state index in [0.717, 1.165) is 0 Å². The summed E-state index contributed by atoms with van der Waals surface area (Å²) in [5.41, 5.74) is 0. The van der Waals surface area contributed by atoms with Crippen molar-refractivity contribution in [2.24, 2.45) is 0 Å². The molecule has 0 unspecified atom stereocenters. The normalized spacial score (nSPS) is 10.5. The highest BCUT2D eigenvalue weighted by Gasteiger charge is 2.19. The van der Waals surface area contributed by atoms with E-state index in [2.05, 4.69) is 0 Å². The Morgan fingerprint density at radius 2 is 1.95 bits per heavy atom. The summed E-state index contributed by atoms with van der Waals surface area (Å²) in [5.74, 6) is -0.804. The summed E-state index contributed by atoms with van der Waals surface area (Å²) in [6.07, 6.45) is 0.0890. The summed E-state index contributed by atoms with van der Waals surface area (Å²) in [7, 11) is 0. The van der Waals surface area contributed by atoms with E-state index in [-0.39, 0.29) is 31.5 Å². The number of ether oxygens (including phenoxy) is 1. The van der Waals surface area contributed by atoms with Crippen LogP contribution in [0.4, 0.5) is 0 Å². The maximum Gasteiger partial charge on any atom is 0.323 e. The monoisotopic (exact) mass is 333 g/mol. The predicted octanol–water partition coefficient (Wildman–Crippen LogP) is 3.08. The van der Waals surface area contributed by atoms with Gasteiger partial charge >= 0.3 is 5.97 Å². The Morgan fingerprint density at radius 1 is 1.29 bits per heavy atom. The Balaban J connectivity index is 2.51. The zero-order chi connectivity index (χ0) is 16.0. The largest absolute Gasteiger partial charge is 0.493 e. The van der Waals surface area contributed by atoms with E-state index in [1.165, 1.54) is 4.90 Å². The predicted molar refractivity (Wildman–Crippen MR) is 81.1 cm³/mol. The molecule has 5 nitrogen and oxygen atoms in total. The number of halogens is 2. The Hall–Kier alpha value is -1.46. The fraction of sp³-hybridized carbons (Fsp3) is 0.429. The second-order valence-electron chi connectivity index (χ2n) is 4.68. The van der Waals surface area contributed by atoms with E-state index < -0.39 is 5.97 Å². The number of nitrogens with zero attached hydrogens (tertiary/aromatic N) is 1. The molecule has 0 saturated heterocycles. The molecule has 21 heavy (non-hydrogen) atoms. The van der Waals surface area contributed by atoms with E-state index in [4.69, 9.17) is 33.0 Å². The number of hydrogen-bond donors (Lipinski definition) is 1. The molecule has 1 aromatic carbocycles. The number of aliphatic carboxylic acids is 1. The minimum atomic E-state index is -1.04. The number of rotatable bonds is 7. The molecule has 0 aliphatic rings. The lowest BCUT2D eigenvalue weighted by Gasteiger charge is -2.24. The number of carboxylic acids is 1. The van der Waals surface area contributed by atoms with Gasteiger partial charge in [-0.15, -0.1) is 0 Å². The van der Waals surface area contributed by atoms with Gasteiger partial charge in [0.1, 0.15) is 12.3 Å². The van der Waals surface area contributed by atoms with Crippen LogP contribution in [0.5, 0.6) is 5.75 Å². The van der Waals surface area contributed by atoms with Crippen molar-refractivity contribution in [2.45, 2.75) is 26.3 Å². The smallest absolute Gasteiger partial charge is 0.323 e. The number of benzene rings is 1. The van der Waals surface area contributed by atoms with Gasteiger partial charge in [0.2, 0.25) is 5.91 Å². The first-order valence-electron chi connectivity index (χ1n) is 6.40.